The molecule has 2 aromatic rings. The number of amides is 1. The zero-order chi connectivity index (χ0) is 17.1. The number of anilines is 1. The number of carbonyl (C=O) groups excluding carboxylic acids is 1. The van der Waals surface area contributed by atoms with Crippen molar-refractivity contribution in [2.75, 3.05) is 5.32 Å². The van der Waals surface area contributed by atoms with Gasteiger partial charge >= 0.3 is 8.60 Å². The van der Waals surface area contributed by atoms with E-state index < -0.39 is 27.1 Å². The van der Waals surface area contributed by atoms with Gasteiger partial charge in [-0.1, -0.05) is 34.8 Å². The van der Waals surface area contributed by atoms with Crippen molar-refractivity contribution in [1.82, 2.24) is 9.78 Å². The molecule has 2 rings (SSSR count). The smallest absolute Gasteiger partial charge is 0.328 e. The van der Waals surface area contributed by atoms with E-state index in [1.165, 1.54) is 6.07 Å². The summed E-state index contributed by atoms with van der Waals surface area (Å²) < 4.78 is 18.5. The van der Waals surface area contributed by atoms with Gasteiger partial charge in [0.05, 0.1) is 10.7 Å². The minimum absolute atomic E-state index is 0.00506. The van der Waals surface area contributed by atoms with Crippen LogP contribution in [0.1, 0.15) is 10.5 Å². The fraction of sp³-hybridized carbons (Fsp3) is 0.0909. The molecule has 0 saturated carbocycles. The number of benzene rings is 1. The number of nitrogens with zero attached hydrogens (tertiary/aromatic N) is 2. The molecule has 3 N–H and O–H groups in total. The predicted molar refractivity (Wildman–Crippen MR) is 84.1 cm³/mol. The lowest BCUT2D eigenvalue weighted by Crippen LogP contribution is -2.14. The molecule has 0 aliphatic rings. The molecular formula is C11H8Cl3FN3O4P. The van der Waals surface area contributed by atoms with E-state index in [9.17, 15) is 9.18 Å². The van der Waals surface area contributed by atoms with Gasteiger partial charge in [-0.05, 0) is 18.2 Å². The molecular weight excluding hydrogens is 394 g/mol. The summed E-state index contributed by atoms with van der Waals surface area (Å²) in [7, 11) is -2.62. The van der Waals surface area contributed by atoms with E-state index in [2.05, 4.69) is 14.9 Å². The quantitative estimate of drug-likeness (QED) is 0.666. The summed E-state index contributed by atoms with van der Waals surface area (Å²) in [6.45, 7) is -0.415. The van der Waals surface area contributed by atoms with Gasteiger partial charge in [-0.15, -0.1) is 0 Å². The van der Waals surface area contributed by atoms with Crippen molar-refractivity contribution in [2.24, 2.45) is 0 Å². The Morgan fingerprint density at radius 2 is 2.09 bits per heavy atom. The van der Waals surface area contributed by atoms with Gasteiger partial charge in [0, 0.05) is 0 Å². The molecule has 0 spiro atoms. The topological polar surface area (TPSA) is 96.6 Å². The van der Waals surface area contributed by atoms with E-state index in [1.54, 1.807) is 0 Å². The van der Waals surface area contributed by atoms with Crippen LogP contribution in [0.2, 0.25) is 15.2 Å². The molecule has 0 radical (unpaired) electrons. The van der Waals surface area contributed by atoms with Gasteiger partial charge in [0.25, 0.3) is 5.91 Å². The van der Waals surface area contributed by atoms with Gasteiger partial charge in [0.2, 0.25) is 0 Å². The lowest BCUT2D eigenvalue weighted by atomic mass is 10.3. The molecule has 1 aromatic carbocycles. The largest absolute Gasteiger partial charge is 0.328 e. The molecule has 0 unspecified atom stereocenters. The average Bonchev–Trinajstić information content (AvgIpc) is 2.76. The van der Waals surface area contributed by atoms with Crippen molar-refractivity contribution in [2.45, 2.75) is 6.73 Å². The summed E-state index contributed by atoms with van der Waals surface area (Å²) in [5.74, 6) is -1.29. The molecule has 23 heavy (non-hydrogen) atoms. The van der Waals surface area contributed by atoms with Crippen LogP contribution in [0.15, 0.2) is 18.2 Å². The van der Waals surface area contributed by atoms with Crippen LogP contribution in [0.4, 0.5) is 10.1 Å². The van der Waals surface area contributed by atoms with Gasteiger partial charge in [-0.2, -0.15) is 5.10 Å². The van der Waals surface area contributed by atoms with Gasteiger partial charge in [0.1, 0.15) is 22.7 Å². The standard InChI is InChI=1S/C11H8Cl3FN3O4P/c12-6-3-5(15)1-2-7(6)16-11(19)9-8(13)10(14)18(17-9)4-22-23(20)21/h1-3,20-21H,4H2,(H,16,19). The molecule has 12 heteroatoms. The molecule has 0 atom stereocenters. The zero-order valence-electron chi connectivity index (χ0n) is 11.0. The Bertz CT molecular complexity index is 744. The lowest BCUT2D eigenvalue weighted by molar-refractivity contribution is 0.102. The monoisotopic (exact) mass is 401 g/mol. The third-order valence-corrected chi connectivity index (χ3v) is 4.02. The first-order chi connectivity index (χ1) is 10.8. The maximum absolute atomic E-state index is 13.0. The Morgan fingerprint density at radius 1 is 1.39 bits per heavy atom. The minimum atomic E-state index is -2.62. The van der Waals surface area contributed by atoms with Crippen LogP contribution < -0.4 is 5.32 Å². The highest BCUT2D eigenvalue weighted by molar-refractivity contribution is 7.39. The average molecular weight is 403 g/mol. The number of hydrogen-bond acceptors (Lipinski definition) is 5. The molecule has 0 aliphatic carbocycles. The molecule has 1 amide bonds. The summed E-state index contributed by atoms with van der Waals surface area (Å²) in [4.78, 5) is 29.5. The van der Waals surface area contributed by atoms with E-state index in [0.29, 0.717) is 0 Å². The minimum Gasteiger partial charge on any atom is -0.328 e. The van der Waals surface area contributed by atoms with Gasteiger partial charge in [0.15, 0.2) is 5.69 Å². The third-order valence-electron chi connectivity index (χ3n) is 2.53. The molecule has 0 saturated heterocycles. The highest BCUT2D eigenvalue weighted by atomic mass is 35.5. The summed E-state index contributed by atoms with van der Waals surface area (Å²) in [5, 5.41) is 5.93. The Balaban J connectivity index is 2.20. The molecule has 0 bridgehead atoms. The molecule has 124 valence electrons. The second-order valence-corrected chi connectivity index (χ2v) is 5.95. The highest BCUT2D eigenvalue weighted by Crippen LogP contribution is 2.30. The van der Waals surface area contributed by atoms with E-state index >= 15 is 0 Å². The maximum atomic E-state index is 13.0. The van der Waals surface area contributed by atoms with Crippen LogP contribution in [0.25, 0.3) is 0 Å². The van der Waals surface area contributed by atoms with Crippen LogP contribution in [0.5, 0.6) is 0 Å². The fourth-order valence-corrected chi connectivity index (χ4v) is 2.35. The van der Waals surface area contributed by atoms with Crippen LogP contribution in [0, 0.1) is 5.82 Å². The van der Waals surface area contributed by atoms with E-state index in [-0.39, 0.29) is 26.6 Å². The van der Waals surface area contributed by atoms with Crippen LogP contribution in [-0.4, -0.2) is 25.5 Å². The normalized spacial score (nSPS) is 11.1. The number of hydrogen-bond donors (Lipinski definition) is 3. The Morgan fingerprint density at radius 3 is 2.70 bits per heavy atom. The van der Waals surface area contributed by atoms with E-state index in [0.717, 1.165) is 16.8 Å². The highest BCUT2D eigenvalue weighted by Gasteiger charge is 2.22. The van der Waals surface area contributed by atoms with Gasteiger partial charge < -0.3 is 15.1 Å². The molecule has 7 nitrogen and oxygen atoms in total. The Hall–Kier alpha value is -0.990. The first-order valence-corrected chi connectivity index (χ1v) is 8.08. The summed E-state index contributed by atoms with van der Waals surface area (Å²) >= 11 is 17.6. The molecule has 1 heterocycles. The maximum Gasteiger partial charge on any atom is 0.328 e. The van der Waals surface area contributed by atoms with Gasteiger partial charge in [-0.25, -0.2) is 9.07 Å². The van der Waals surface area contributed by atoms with Crippen molar-refractivity contribution < 1.29 is 23.5 Å². The number of nitrogens with one attached hydrogen (secondary N) is 1. The van der Waals surface area contributed by atoms with Crippen molar-refractivity contribution in [3.05, 3.63) is 44.9 Å². The van der Waals surface area contributed by atoms with Crippen molar-refractivity contribution in [3.8, 4) is 0 Å². The third kappa shape index (κ3) is 4.51. The van der Waals surface area contributed by atoms with Crippen LogP contribution in [0.3, 0.4) is 0 Å². The molecule has 1 aromatic heterocycles. The van der Waals surface area contributed by atoms with Crippen LogP contribution >= 0.6 is 43.4 Å². The van der Waals surface area contributed by atoms with Crippen molar-refractivity contribution in [3.63, 3.8) is 0 Å². The van der Waals surface area contributed by atoms with E-state index in [4.69, 9.17) is 44.6 Å². The first kappa shape index (κ1) is 18.4. The molecule has 0 fully saturated rings. The summed E-state index contributed by atoms with van der Waals surface area (Å²) in [6.07, 6.45) is 0. The second-order valence-electron chi connectivity index (χ2n) is 4.04. The zero-order valence-corrected chi connectivity index (χ0v) is 14.2. The van der Waals surface area contributed by atoms with E-state index in [1.807, 2.05) is 0 Å². The number of halogens is 4. The first-order valence-electron chi connectivity index (χ1n) is 5.78. The number of carbonyl (C=O) groups is 1. The fourth-order valence-electron chi connectivity index (χ4n) is 1.53. The SMILES string of the molecule is O=C(Nc1ccc(F)cc1Cl)c1nn(COP(O)O)c(Cl)c1Cl. The lowest BCUT2D eigenvalue weighted by Gasteiger charge is -2.06. The second kappa shape index (κ2) is 7.72. The van der Waals surface area contributed by atoms with Crippen LogP contribution in [-0.2, 0) is 11.3 Å². The Labute approximate surface area is 145 Å². The van der Waals surface area contributed by atoms with Crippen molar-refractivity contribution in [1.29, 1.82) is 0 Å². The number of aromatic nitrogens is 2. The van der Waals surface area contributed by atoms with Gasteiger partial charge in [-0.3, -0.25) is 9.32 Å². The summed E-state index contributed by atoms with van der Waals surface area (Å²) in [6, 6.07) is 3.42. The number of rotatable bonds is 5. The Kier molecular flexibility index (Phi) is 6.16. The van der Waals surface area contributed by atoms with Crippen molar-refractivity contribution >= 4 is 55.0 Å². The predicted octanol–water partition coefficient (Wildman–Crippen LogP) is 3.42. The summed E-state index contributed by atoms with van der Waals surface area (Å²) in [5.41, 5.74) is -0.0776. The molecule has 0 aliphatic heterocycles.